The second-order valence-corrected chi connectivity index (χ2v) is 26.7. The van der Waals surface area contributed by atoms with Crippen LogP contribution in [0.3, 0.4) is 0 Å². The van der Waals surface area contributed by atoms with Crippen molar-refractivity contribution >= 4 is 46.8 Å². The average Bonchev–Trinajstić information content (AvgIpc) is 3.09. The molecule has 0 atom stereocenters. The van der Waals surface area contributed by atoms with Crippen molar-refractivity contribution < 1.29 is 38.1 Å². The van der Waals surface area contributed by atoms with E-state index in [1.807, 2.05) is 42.5 Å². The number of ether oxygens (including phenoxy) is 4. The highest BCUT2D eigenvalue weighted by atomic mass is 16.6. The summed E-state index contributed by atoms with van der Waals surface area (Å²) in [5, 5.41) is 2.55. The van der Waals surface area contributed by atoms with Crippen LogP contribution in [0.4, 0.5) is 0 Å². The molecule has 10 saturated carbocycles. The number of carbonyl (C=O) groups excluding carboxylic acids is 4. The molecule has 8 nitrogen and oxygen atoms in total. The van der Waals surface area contributed by atoms with Crippen molar-refractivity contribution in [3.8, 4) is 0 Å². The molecule has 8 heteroatoms. The van der Waals surface area contributed by atoms with E-state index in [9.17, 15) is 19.2 Å². The van der Waals surface area contributed by atoms with E-state index < -0.39 is 0 Å². The van der Waals surface area contributed by atoms with Gasteiger partial charge in [0.15, 0.2) is 0 Å². The van der Waals surface area contributed by atoms with Crippen molar-refractivity contribution in [3.05, 3.63) is 146 Å². The Labute approximate surface area is 501 Å². The van der Waals surface area contributed by atoms with Gasteiger partial charge in [-0.15, -0.1) is 0 Å². The summed E-state index contributed by atoms with van der Waals surface area (Å²) in [6, 6.07) is 24.7. The monoisotopic (exact) mass is 1130 g/mol. The van der Waals surface area contributed by atoms with Gasteiger partial charge in [-0.3, -0.25) is 0 Å². The van der Waals surface area contributed by atoms with Gasteiger partial charge < -0.3 is 18.9 Å². The van der Waals surface area contributed by atoms with Crippen molar-refractivity contribution in [1.29, 1.82) is 0 Å². The van der Waals surface area contributed by atoms with Crippen molar-refractivity contribution in [2.45, 2.75) is 219 Å². The molecule has 0 heterocycles. The van der Waals surface area contributed by atoms with E-state index in [-0.39, 0.29) is 40.7 Å². The number of hydrogen-bond acceptors (Lipinski definition) is 8. The van der Waals surface area contributed by atoms with Crippen molar-refractivity contribution in [2.75, 3.05) is 6.61 Å². The Morgan fingerprint density at radius 2 is 0.855 bits per heavy atom. The molecule has 0 unspecified atom stereocenters. The zero-order chi connectivity index (χ0) is 60.4. The first-order valence-electron chi connectivity index (χ1n) is 31.9. The fraction of sp³-hybridized carbons (Fsp3) is 0.573. The predicted octanol–water partition coefficient (Wildman–Crippen LogP) is 19.3. The number of rotatable bonds is 13. The van der Waals surface area contributed by atoms with Gasteiger partial charge in [-0.2, -0.15) is 0 Å². The molecule has 13 rings (SSSR count). The molecule has 83 heavy (non-hydrogen) atoms. The first kappa shape index (κ1) is 66.4. The molecule has 3 aromatic carbocycles. The quantitative estimate of drug-likeness (QED) is 0.0947. The summed E-state index contributed by atoms with van der Waals surface area (Å²) in [5.74, 6) is 4.93. The lowest BCUT2D eigenvalue weighted by Gasteiger charge is -2.59. The zero-order valence-electron chi connectivity index (χ0n) is 52.3. The van der Waals surface area contributed by atoms with Gasteiger partial charge in [-0.25, -0.2) is 19.2 Å². The summed E-state index contributed by atoms with van der Waals surface area (Å²) in [7, 11) is 0. The van der Waals surface area contributed by atoms with E-state index in [0.29, 0.717) is 46.2 Å². The number of esters is 4. The highest BCUT2D eigenvalue weighted by Crippen LogP contribution is 2.61. The lowest BCUT2D eigenvalue weighted by molar-refractivity contribution is -0.199. The number of hydrogen-bond donors (Lipinski definition) is 0. The third kappa shape index (κ3) is 18.9. The van der Waals surface area contributed by atoms with Crippen LogP contribution >= 0.6 is 0 Å². The predicted molar refractivity (Wildman–Crippen MR) is 342 cm³/mol. The van der Waals surface area contributed by atoms with E-state index in [1.165, 1.54) is 137 Å². The minimum atomic E-state index is -0.233. The molecule has 0 aliphatic heterocycles. The minimum absolute atomic E-state index is 0.171. The minimum Gasteiger partial charge on any atom is -0.462 e. The van der Waals surface area contributed by atoms with Crippen LogP contribution in [0.5, 0.6) is 0 Å². The van der Waals surface area contributed by atoms with Crippen molar-refractivity contribution in [2.24, 2.45) is 46.8 Å². The van der Waals surface area contributed by atoms with Crippen LogP contribution in [0.1, 0.15) is 214 Å². The second-order valence-electron chi connectivity index (χ2n) is 26.7. The molecule has 0 N–H and O–H groups in total. The summed E-state index contributed by atoms with van der Waals surface area (Å²) >= 11 is 0. The van der Waals surface area contributed by atoms with Gasteiger partial charge in [0.05, 0.1) is 6.61 Å². The average molecular weight is 1130 g/mol. The summed E-state index contributed by atoms with van der Waals surface area (Å²) < 4.78 is 22.4. The third-order valence-corrected chi connectivity index (χ3v) is 19.9. The molecular formula is C75H104O8. The van der Waals surface area contributed by atoms with Crippen LogP contribution in [0.25, 0.3) is 22.9 Å². The molecular weight excluding hydrogens is 1030 g/mol. The Balaban J connectivity index is 0.000000162. The fourth-order valence-electron chi connectivity index (χ4n) is 15.5. The van der Waals surface area contributed by atoms with Crippen molar-refractivity contribution in [1.82, 2.24) is 0 Å². The van der Waals surface area contributed by atoms with Gasteiger partial charge in [0, 0.05) is 27.7 Å². The second kappa shape index (κ2) is 30.9. The van der Waals surface area contributed by atoms with Crippen LogP contribution in [0, 0.1) is 46.8 Å². The van der Waals surface area contributed by atoms with Gasteiger partial charge in [-0.1, -0.05) is 151 Å². The van der Waals surface area contributed by atoms with Gasteiger partial charge in [0.1, 0.15) is 16.8 Å². The Hall–Kier alpha value is -5.76. The van der Waals surface area contributed by atoms with E-state index in [0.717, 1.165) is 68.1 Å². The molecule has 3 aromatic rings. The maximum atomic E-state index is 11.8. The van der Waals surface area contributed by atoms with Crippen LogP contribution < -0.4 is 0 Å². The fourth-order valence-corrected chi connectivity index (χ4v) is 15.5. The number of fused-ring (bicyclic) bond motifs is 1. The largest absolute Gasteiger partial charge is 0.462 e. The Morgan fingerprint density at radius 3 is 1.27 bits per heavy atom. The van der Waals surface area contributed by atoms with Gasteiger partial charge >= 0.3 is 23.9 Å². The molecule has 0 amide bonds. The number of benzene rings is 3. The summed E-state index contributed by atoms with van der Waals surface area (Å²) in [5.41, 5.74) is 4.15. The Kier molecular flexibility index (Phi) is 24.7. The van der Waals surface area contributed by atoms with Gasteiger partial charge in [0.25, 0.3) is 0 Å². The van der Waals surface area contributed by atoms with Crippen LogP contribution in [-0.2, 0) is 38.1 Å². The Morgan fingerprint density at radius 1 is 0.470 bits per heavy atom. The first-order valence-corrected chi connectivity index (χ1v) is 31.9. The normalized spacial score (nSPS) is 27.7. The molecule has 0 spiro atoms. The lowest BCUT2D eigenvalue weighted by Crippen LogP contribution is -2.58. The first-order chi connectivity index (χ1) is 39.6. The summed E-state index contributed by atoms with van der Waals surface area (Å²) in [4.78, 5) is 46.3. The molecule has 10 fully saturated rings. The zero-order valence-corrected chi connectivity index (χ0v) is 52.3. The van der Waals surface area contributed by atoms with E-state index in [2.05, 4.69) is 103 Å². The highest BCUT2D eigenvalue weighted by Gasteiger charge is 2.57. The summed E-state index contributed by atoms with van der Waals surface area (Å²) in [6.07, 6.45) is 32.9. The van der Waals surface area contributed by atoms with Gasteiger partial charge in [0.2, 0.25) is 0 Å². The molecule has 0 saturated heterocycles. The smallest absolute Gasteiger partial charge is 0.333 e. The molecule has 10 aliphatic carbocycles. The molecule has 0 radical (unpaired) electrons. The molecule has 0 aromatic heterocycles. The highest BCUT2D eigenvalue weighted by molar-refractivity contribution is 5.88. The van der Waals surface area contributed by atoms with Crippen molar-refractivity contribution in [3.63, 3.8) is 0 Å². The van der Waals surface area contributed by atoms with E-state index in [1.54, 1.807) is 27.7 Å². The molecule has 10 aliphatic rings. The van der Waals surface area contributed by atoms with Crippen LogP contribution in [0.15, 0.2) is 135 Å². The Bertz CT molecular complexity index is 2640. The summed E-state index contributed by atoms with van der Waals surface area (Å²) in [6.45, 7) is 35.8. The van der Waals surface area contributed by atoms with E-state index in [4.69, 9.17) is 18.9 Å². The van der Waals surface area contributed by atoms with Crippen LogP contribution in [-0.4, -0.2) is 47.3 Å². The SMILES string of the molecule is C=C(C)C(=O)OC1(C)C2CC3CC(C2)CC1C3.C=C(C)C(=O)OC1(CC)CCCC1.C=C(C)C(=O)OC1(CC)CCCCCCC1.C=C(C)C(=O)OCC12CC3CC(CC(C3)C1)C2.C=Cc1ccc2ccccc2c1.C=Cc1ccccc1. The maximum Gasteiger partial charge on any atom is 0.333 e. The topological polar surface area (TPSA) is 105 Å². The third-order valence-electron chi connectivity index (χ3n) is 19.9. The molecule has 8 bridgehead atoms. The van der Waals surface area contributed by atoms with Crippen LogP contribution in [0.2, 0.25) is 0 Å². The standard InChI is InChI=1S/2C15H22O2.C14H24O2.C12H10.C11H18O2.C8H8/c1-10(2)14(16)17-9-15-6-11-3-12(7-15)5-13(4-11)8-15;1-9(2)14(16)17-15(3)12-5-10-4-11(7-12)8-13(15)6-10;1-4-14(16-13(15)12(2)3)10-8-6-5-7-9-11-14;1-2-10-7-8-11-5-3-4-6-12(11)9-10;1-4-11(7-5-6-8-11)13-10(12)9(2)3;1-2-8-6-4-3-5-7-8/h11-13H,1,3-9H2,2H3;10-13H,1,4-8H2,2-3H3;2,4-11H2,1,3H3;2-9H,1H2;2,4-8H2,1,3H3;2-7H,1H2. The molecule has 452 valence electrons. The number of carbonyl (C=O) groups is 4. The van der Waals surface area contributed by atoms with Gasteiger partial charge in [-0.05, 0) is 239 Å². The lowest BCUT2D eigenvalue weighted by atomic mass is 9.50. The van der Waals surface area contributed by atoms with E-state index >= 15 is 0 Å². The maximum absolute atomic E-state index is 11.8.